The summed E-state index contributed by atoms with van der Waals surface area (Å²) in [6, 6.07) is 13.6. The van der Waals surface area contributed by atoms with Crippen LogP contribution in [0.2, 0.25) is 5.02 Å². The largest absolute Gasteiger partial charge is 0.441 e. The molecule has 0 aliphatic heterocycles. The molecular formula is C22H23ClN2O2. The van der Waals surface area contributed by atoms with Gasteiger partial charge in [-0.15, -0.1) is 0 Å². The first kappa shape index (κ1) is 19.2. The second-order valence-electron chi connectivity index (χ2n) is 6.76. The highest BCUT2D eigenvalue weighted by molar-refractivity contribution is 6.30. The van der Waals surface area contributed by atoms with Crippen LogP contribution in [0.1, 0.15) is 42.0 Å². The van der Waals surface area contributed by atoms with Gasteiger partial charge in [0.15, 0.2) is 11.7 Å². The van der Waals surface area contributed by atoms with E-state index >= 15 is 0 Å². The third-order valence-corrected chi connectivity index (χ3v) is 4.91. The highest BCUT2D eigenvalue weighted by Gasteiger charge is 2.12. The van der Waals surface area contributed by atoms with Gasteiger partial charge in [-0.1, -0.05) is 35.9 Å². The number of oxazole rings is 1. The number of rotatable bonds is 6. The standard InChI is InChI=1S/C22H23ClN2O2/c1-14-4-5-18(12-15(14)2)20-13-24-22(27-20)11-10-21(26)25-16(3)17-6-8-19(23)9-7-17/h4-9,12-13,16H,10-11H2,1-3H3,(H,25,26). The third-order valence-electron chi connectivity index (χ3n) is 4.66. The second-order valence-corrected chi connectivity index (χ2v) is 7.19. The van der Waals surface area contributed by atoms with Crippen LogP contribution in [0.5, 0.6) is 0 Å². The first-order chi connectivity index (χ1) is 12.9. The number of benzene rings is 2. The molecule has 0 aliphatic carbocycles. The van der Waals surface area contributed by atoms with Crippen LogP contribution in [0.15, 0.2) is 53.1 Å². The molecule has 2 aromatic carbocycles. The number of nitrogens with one attached hydrogen (secondary N) is 1. The van der Waals surface area contributed by atoms with E-state index in [2.05, 4.69) is 36.3 Å². The molecule has 0 aliphatic rings. The lowest BCUT2D eigenvalue weighted by Crippen LogP contribution is -2.26. The van der Waals surface area contributed by atoms with Crippen molar-refractivity contribution < 1.29 is 9.21 Å². The number of hydrogen-bond donors (Lipinski definition) is 1. The fourth-order valence-corrected chi connectivity index (χ4v) is 2.95. The minimum absolute atomic E-state index is 0.0385. The fourth-order valence-electron chi connectivity index (χ4n) is 2.82. The number of aryl methyl sites for hydroxylation is 3. The zero-order valence-corrected chi connectivity index (χ0v) is 16.5. The van der Waals surface area contributed by atoms with Crippen molar-refractivity contribution in [3.8, 4) is 11.3 Å². The van der Waals surface area contributed by atoms with Gasteiger partial charge < -0.3 is 9.73 Å². The van der Waals surface area contributed by atoms with Gasteiger partial charge in [0, 0.05) is 23.4 Å². The Bertz CT molecular complexity index is 932. The topological polar surface area (TPSA) is 55.1 Å². The summed E-state index contributed by atoms with van der Waals surface area (Å²) in [5.74, 6) is 1.25. The maximum atomic E-state index is 12.2. The first-order valence-electron chi connectivity index (χ1n) is 8.99. The van der Waals surface area contributed by atoms with Crippen LogP contribution in [0.3, 0.4) is 0 Å². The van der Waals surface area contributed by atoms with Crippen LogP contribution >= 0.6 is 11.6 Å². The molecule has 0 spiro atoms. The minimum atomic E-state index is -0.0783. The third kappa shape index (κ3) is 4.98. The number of carbonyl (C=O) groups excluding carboxylic acids is 1. The lowest BCUT2D eigenvalue weighted by molar-refractivity contribution is -0.121. The van der Waals surface area contributed by atoms with Gasteiger partial charge >= 0.3 is 0 Å². The second kappa shape index (κ2) is 8.40. The van der Waals surface area contributed by atoms with Crippen LogP contribution < -0.4 is 5.32 Å². The van der Waals surface area contributed by atoms with Crippen molar-refractivity contribution in [3.63, 3.8) is 0 Å². The average Bonchev–Trinajstić information content (AvgIpc) is 3.12. The van der Waals surface area contributed by atoms with E-state index in [-0.39, 0.29) is 11.9 Å². The molecule has 1 aromatic heterocycles. The van der Waals surface area contributed by atoms with E-state index < -0.39 is 0 Å². The lowest BCUT2D eigenvalue weighted by atomic mass is 10.1. The van der Waals surface area contributed by atoms with E-state index in [1.807, 2.05) is 37.3 Å². The normalized spacial score (nSPS) is 12.0. The monoisotopic (exact) mass is 382 g/mol. The molecule has 0 radical (unpaired) electrons. The predicted molar refractivity (Wildman–Crippen MR) is 108 cm³/mol. The molecule has 3 rings (SSSR count). The number of amides is 1. The Balaban J connectivity index is 1.55. The Hall–Kier alpha value is -2.59. The quantitative estimate of drug-likeness (QED) is 0.619. The summed E-state index contributed by atoms with van der Waals surface area (Å²) in [5.41, 5.74) is 4.46. The Labute approximate surface area is 164 Å². The molecule has 1 amide bonds. The smallest absolute Gasteiger partial charge is 0.220 e. The first-order valence-corrected chi connectivity index (χ1v) is 9.37. The molecular weight excluding hydrogens is 360 g/mol. The van der Waals surface area contributed by atoms with Crippen molar-refractivity contribution in [2.75, 3.05) is 0 Å². The summed E-state index contributed by atoms with van der Waals surface area (Å²) in [6.07, 6.45) is 2.50. The van der Waals surface area contributed by atoms with Gasteiger partial charge in [-0.05, 0) is 55.7 Å². The molecule has 3 aromatic rings. The summed E-state index contributed by atoms with van der Waals surface area (Å²) in [7, 11) is 0. The van der Waals surface area contributed by atoms with Gasteiger partial charge in [-0.3, -0.25) is 4.79 Å². The van der Waals surface area contributed by atoms with Crippen molar-refractivity contribution in [1.82, 2.24) is 10.3 Å². The van der Waals surface area contributed by atoms with Gasteiger partial charge in [0.1, 0.15) is 0 Å². The van der Waals surface area contributed by atoms with Gasteiger partial charge in [0.25, 0.3) is 0 Å². The molecule has 140 valence electrons. The van der Waals surface area contributed by atoms with Crippen molar-refractivity contribution >= 4 is 17.5 Å². The van der Waals surface area contributed by atoms with Crippen molar-refractivity contribution in [2.45, 2.75) is 39.7 Å². The van der Waals surface area contributed by atoms with Crippen LogP contribution in [-0.4, -0.2) is 10.9 Å². The number of nitrogens with zero attached hydrogens (tertiary/aromatic N) is 1. The van der Waals surface area contributed by atoms with E-state index in [1.54, 1.807) is 6.20 Å². The Kier molecular flexibility index (Phi) is 5.97. The highest BCUT2D eigenvalue weighted by atomic mass is 35.5. The minimum Gasteiger partial charge on any atom is -0.441 e. The molecule has 0 saturated carbocycles. The summed E-state index contributed by atoms with van der Waals surface area (Å²) < 4.78 is 5.81. The van der Waals surface area contributed by atoms with Crippen LogP contribution in [0.4, 0.5) is 0 Å². The van der Waals surface area contributed by atoms with Gasteiger partial charge in [0.05, 0.1) is 12.2 Å². The summed E-state index contributed by atoms with van der Waals surface area (Å²) in [5, 5.41) is 3.67. The molecule has 1 unspecified atom stereocenters. The molecule has 0 bridgehead atoms. The zero-order valence-electron chi connectivity index (χ0n) is 15.8. The van der Waals surface area contributed by atoms with Crippen LogP contribution in [-0.2, 0) is 11.2 Å². The summed E-state index contributed by atoms with van der Waals surface area (Å²) in [4.78, 5) is 16.5. The maximum absolute atomic E-state index is 12.2. The van der Waals surface area contributed by atoms with Crippen molar-refractivity contribution in [2.24, 2.45) is 0 Å². The van der Waals surface area contributed by atoms with Gasteiger partial charge in [0.2, 0.25) is 5.91 Å². The molecule has 4 nitrogen and oxygen atoms in total. The van der Waals surface area contributed by atoms with E-state index in [4.69, 9.17) is 16.0 Å². The SMILES string of the molecule is Cc1ccc(-c2cnc(CCC(=O)NC(C)c3ccc(Cl)cc3)o2)cc1C. The predicted octanol–water partition coefficient (Wildman–Crippen LogP) is 5.42. The fraction of sp³-hybridized carbons (Fsp3) is 0.273. The van der Waals surface area contributed by atoms with E-state index in [0.717, 1.165) is 16.9 Å². The average molecular weight is 383 g/mol. The Morgan fingerprint density at radius 1 is 1.15 bits per heavy atom. The number of carbonyl (C=O) groups is 1. The maximum Gasteiger partial charge on any atom is 0.220 e. The number of halogens is 1. The van der Waals surface area contributed by atoms with Crippen LogP contribution in [0, 0.1) is 13.8 Å². The molecule has 5 heteroatoms. The highest BCUT2D eigenvalue weighted by Crippen LogP contribution is 2.23. The number of aromatic nitrogens is 1. The van der Waals surface area contributed by atoms with Crippen molar-refractivity contribution in [1.29, 1.82) is 0 Å². The number of hydrogen-bond acceptors (Lipinski definition) is 3. The molecule has 1 N–H and O–H groups in total. The van der Waals surface area contributed by atoms with Crippen molar-refractivity contribution in [3.05, 3.63) is 76.3 Å². The van der Waals surface area contributed by atoms with E-state index in [9.17, 15) is 4.79 Å². The Morgan fingerprint density at radius 2 is 1.89 bits per heavy atom. The lowest BCUT2D eigenvalue weighted by Gasteiger charge is -2.14. The summed E-state index contributed by atoms with van der Waals surface area (Å²) in [6.45, 7) is 6.10. The van der Waals surface area contributed by atoms with Crippen LogP contribution in [0.25, 0.3) is 11.3 Å². The Morgan fingerprint density at radius 3 is 2.59 bits per heavy atom. The van der Waals surface area contributed by atoms with E-state index in [1.165, 1.54) is 11.1 Å². The van der Waals surface area contributed by atoms with Gasteiger partial charge in [-0.25, -0.2) is 4.98 Å². The van der Waals surface area contributed by atoms with Gasteiger partial charge in [-0.2, -0.15) is 0 Å². The zero-order chi connectivity index (χ0) is 19.4. The van der Waals surface area contributed by atoms with E-state index in [0.29, 0.717) is 23.8 Å². The molecule has 1 atom stereocenters. The molecule has 27 heavy (non-hydrogen) atoms. The molecule has 1 heterocycles. The molecule has 0 saturated heterocycles. The summed E-state index contributed by atoms with van der Waals surface area (Å²) >= 11 is 5.90. The molecule has 0 fully saturated rings.